The lowest BCUT2D eigenvalue weighted by molar-refractivity contribution is 0.234. The zero-order valence-electron chi connectivity index (χ0n) is 12.1. The van der Waals surface area contributed by atoms with Gasteiger partial charge in [-0.3, -0.25) is 0 Å². The third kappa shape index (κ3) is 5.04. The molecule has 4 nitrogen and oxygen atoms in total. The van der Waals surface area contributed by atoms with Crippen LogP contribution in [0.5, 0.6) is 5.75 Å². The first kappa shape index (κ1) is 15.3. The zero-order valence-corrected chi connectivity index (χ0v) is 12.9. The molecule has 0 aliphatic heterocycles. The Morgan fingerprint density at radius 3 is 2.67 bits per heavy atom. The average Bonchev–Trinajstić information content (AvgIpc) is 2.49. The van der Waals surface area contributed by atoms with Crippen molar-refractivity contribution in [1.82, 2.24) is 5.32 Å². The van der Waals surface area contributed by atoms with Crippen molar-refractivity contribution in [1.29, 1.82) is 0 Å². The van der Waals surface area contributed by atoms with E-state index < -0.39 is 0 Å². The number of carbonyl (C=O) groups is 1. The lowest BCUT2D eigenvalue weighted by Gasteiger charge is -2.10. The first-order valence-corrected chi connectivity index (χ1v) is 7.78. The molecule has 5 heteroatoms. The number of carbonyl (C=O) groups excluding carboxylic acids is 1. The summed E-state index contributed by atoms with van der Waals surface area (Å²) in [4.78, 5) is 12.8. The van der Waals surface area contributed by atoms with Crippen LogP contribution in [0.25, 0.3) is 0 Å². The summed E-state index contributed by atoms with van der Waals surface area (Å²) in [6.07, 6.45) is 1.99. The molecule has 2 N–H and O–H groups in total. The standard InChI is InChI=1S/C16H18N2O2S/c1-12-6-8-14(9-7-12)20-11-17-16(19)18-13-4-3-5-15(10-13)21-2/h3-10H,11H2,1-2H3,(H2,17,18,19). The fourth-order valence-electron chi connectivity index (χ4n) is 1.70. The van der Waals surface area contributed by atoms with E-state index in [4.69, 9.17) is 4.74 Å². The molecular formula is C16H18N2O2S. The molecular weight excluding hydrogens is 284 g/mol. The Kier molecular flexibility index (Phi) is 5.51. The molecule has 0 heterocycles. The number of hydrogen-bond donors (Lipinski definition) is 2. The molecule has 0 bridgehead atoms. The molecule has 0 aliphatic rings. The number of thioether (sulfide) groups is 1. The second-order valence-electron chi connectivity index (χ2n) is 4.46. The summed E-state index contributed by atoms with van der Waals surface area (Å²) in [5, 5.41) is 5.42. The number of benzene rings is 2. The highest BCUT2D eigenvalue weighted by Gasteiger charge is 2.02. The van der Waals surface area contributed by atoms with Crippen LogP contribution in [-0.2, 0) is 0 Å². The number of anilines is 1. The molecule has 2 aromatic carbocycles. The number of ether oxygens (including phenoxy) is 1. The lowest BCUT2D eigenvalue weighted by atomic mass is 10.2. The Labute approximate surface area is 128 Å². The van der Waals surface area contributed by atoms with E-state index in [2.05, 4.69) is 10.6 Å². The van der Waals surface area contributed by atoms with Crippen LogP contribution in [0.3, 0.4) is 0 Å². The molecule has 0 saturated heterocycles. The molecule has 21 heavy (non-hydrogen) atoms. The normalized spacial score (nSPS) is 10.0. The highest BCUT2D eigenvalue weighted by atomic mass is 32.2. The molecule has 2 aromatic rings. The first-order valence-electron chi connectivity index (χ1n) is 6.56. The number of rotatable bonds is 5. The van der Waals surface area contributed by atoms with E-state index in [9.17, 15) is 4.79 Å². The number of aryl methyl sites for hydroxylation is 1. The molecule has 0 saturated carbocycles. The Morgan fingerprint density at radius 1 is 1.19 bits per heavy atom. The largest absolute Gasteiger partial charge is 0.473 e. The maximum absolute atomic E-state index is 11.7. The van der Waals surface area contributed by atoms with Crippen LogP contribution in [0.4, 0.5) is 10.5 Å². The van der Waals surface area contributed by atoms with Gasteiger partial charge in [-0.2, -0.15) is 0 Å². The fourth-order valence-corrected chi connectivity index (χ4v) is 2.16. The predicted octanol–water partition coefficient (Wildman–Crippen LogP) is 3.87. The lowest BCUT2D eigenvalue weighted by Crippen LogP contribution is -2.32. The number of nitrogens with one attached hydrogen (secondary N) is 2. The van der Waals surface area contributed by atoms with Gasteiger partial charge >= 0.3 is 6.03 Å². The van der Waals surface area contributed by atoms with Crippen LogP contribution < -0.4 is 15.4 Å². The van der Waals surface area contributed by atoms with Gasteiger partial charge in [0.2, 0.25) is 0 Å². The Hall–Kier alpha value is -2.14. The molecule has 2 rings (SSSR count). The van der Waals surface area contributed by atoms with Crippen LogP contribution in [0.2, 0.25) is 0 Å². The Morgan fingerprint density at radius 2 is 1.95 bits per heavy atom. The van der Waals surface area contributed by atoms with E-state index in [1.807, 2.05) is 61.7 Å². The molecule has 0 aromatic heterocycles. The second-order valence-corrected chi connectivity index (χ2v) is 5.34. The van der Waals surface area contributed by atoms with Crippen molar-refractivity contribution in [3.63, 3.8) is 0 Å². The summed E-state index contributed by atoms with van der Waals surface area (Å²) in [7, 11) is 0. The number of amides is 2. The summed E-state index contributed by atoms with van der Waals surface area (Å²) in [5.41, 5.74) is 1.93. The van der Waals surface area contributed by atoms with Gasteiger partial charge in [0.15, 0.2) is 6.73 Å². The molecule has 0 atom stereocenters. The second kappa shape index (κ2) is 7.59. The van der Waals surface area contributed by atoms with E-state index in [1.54, 1.807) is 11.8 Å². The van der Waals surface area contributed by atoms with Crippen molar-refractivity contribution < 1.29 is 9.53 Å². The van der Waals surface area contributed by atoms with E-state index in [0.717, 1.165) is 16.3 Å². The van der Waals surface area contributed by atoms with Crippen molar-refractivity contribution >= 4 is 23.5 Å². The highest BCUT2D eigenvalue weighted by Crippen LogP contribution is 2.18. The van der Waals surface area contributed by atoms with Crippen LogP contribution >= 0.6 is 11.8 Å². The topological polar surface area (TPSA) is 50.4 Å². The summed E-state index contributed by atoms with van der Waals surface area (Å²) in [6, 6.07) is 15.0. The van der Waals surface area contributed by atoms with Crippen LogP contribution in [-0.4, -0.2) is 19.0 Å². The van der Waals surface area contributed by atoms with Gasteiger partial charge in [-0.15, -0.1) is 11.8 Å². The van der Waals surface area contributed by atoms with E-state index in [0.29, 0.717) is 0 Å². The maximum atomic E-state index is 11.7. The van der Waals surface area contributed by atoms with Crippen molar-refractivity contribution in [2.45, 2.75) is 11.8 Å². The summed E-state index contributed by atoms with van der Waals surface area (Å²) in [6.45, 7) is 2.13. The molecule has 2 amide bonds. The van der Waals surface area contributed by atoms with Crippen molar-refractivity contribution in [3.05, 3.63) is 54.1 Å². The Balaban J connectivity index is 1.78. The Bertz CT molecular complexity index is 599. The molecule has 0 fully saturated rings. The molecule has 0 radical (unpaired) electrons. The smallest absolute Gasteiger partial charge is 0.321 e. The first-order chi connectivity index (χ1) is 10.2. The fraction of sp³-hybridized carbons (Fsp3) is 0.188. The van der Waals surface area contributed by atoms with E-state index in [-0.39, 0.29) is 12.8 Å². The van der Waals surface area contributed by atoms with Gasteiger partial charge in [0.1, 0.15) is 5.75 Å². The molecule has 0 spiro atoms. The van der Waals surface area contributed by atoms with Gasteiger partial charge in [0, 0.05) is 10.6 Å². The zero-order chi connectivity index (χ0) is 15.1. The summed E-state index contributed by atoms with van der Waals surface area (Å²) < 4.78 is 5.44. The monoisotopic (exact) mass is 302 g/mol. The van der Waals surface area contributed by atoms with Gasteiger partial charge in [0.25, 0.3) is 0 Å². The molecule has 110 valence electrons. The minimum atomic E-state index is -0.291. The summed E-state index contributed by atoms with van der Waals surface area (Å²) >= 11 is 1.63. The SMILES string of the molecule is CSc1cccc(NC(=O)NCOc2ccc(C)cc2)c1. The number of hydrogen-bond acceptors (Lipinski definition) is 3. The predicted molar refractivity (Wildman–Crippen MR) is 87.1 cm³/mol. The summed E-state index contributed by atoms with van der Waals surface area (Å²) in [5.74, 6) is 0.727. The quantitative estimate of drug-likeness (QED) is 0.651. The van der Waals surface area contributed by atoms with Crippen LogP contribution in [0.1, 0.15) is 5.56 Å². The van der Waals surface area contributed by atoms with Crippen molar-refractivity contribution in [2.24, 2.45) is 0 Å². The maximum Gasteiger partial charge on any atom is 0.321 e. The van der Waals surface area contributed by atoms with Crippen molar-refractivity contribution in [2.75, 3.05) is 18.3 Å². The van der Waals surface area contributed by atoms with Gasteiger partial charge in [-0.1, -0.05) is 23.8 Å². The van der Waals surface area contributed by atoms with E-state index >= 15 is 0 Å². The third-order valence-corrected chi connectivity index (χ3v) is 3.55. The third-order valence-electron chi connectivity index (χ3n) is 2.82. The minimum absolute atomic E-state index is 0.122. The van der Waals surface area contributed by atoms with E-state index in [1.165, 1.54) is 5.56 Å². The highest BCUT2D eigenvalue weighted by molar-refractivity contribution is 7.98. The van der Waals surface area contributed by atoms with Crippen molar-refractivity contribution in [3.8, 4) is 5.75 Å². The molecule has 0 unspecified atom stereocenters. The van der Waals surface area contributed by atoms with Gasteiger partial charge in [-0.25, -0.2) is 4.79 Å². The minimum Gasteiger partial charge on any atom is -0.473 e. The van der Waals surface area contributed by atoms with Crippen LogP contribution in [0.15, 0.2) is 53.4 Å². The van der Waals surface area contributed by atoms with Gasteiger partial charge in [-0.05, 0) is 43.5 Å². The molecule has 0 aliphatic carbocycles. The van der Waals surface area contributed by atoms with Gasteiger partial charge in [0.05, 0.1) is 0 Å². The van der Waals surface area contributed by atoms with Gasteiger partial charge < -0.3 is 15.4 Å². The average molecular weight is 302 g/mol. The van der Waals surface area contributed by atoms with Crippen LogP contribution in [0, 0.1) is 6.92 Å². The number of urea groups is 1.